The molecule has 27 heteroatoms. The van der Waals surface area contributed by atoms with Crippen molar-refractivity contribution in [3.8, 4) is 0 Å². The second-order valence-electron chi connectivity index (χ2n) is 30.3. The van der Waals surface area contributed by atoms with Gasteiger partial charge in [-0.3, -0.25) is 53.1 Å². The van der Waals surface area contributed by atoms with Crippen molar-refractivity contribution in [3.05, 3.63) is 178 Å². The number of carbonyl (C=O) groups is 11. The molecule has 10 rings (SSSR count). The van der Waals surface area contributed by atoms with Gasteiger partial charge in [0.1, 0.15) is 18.8 Å². The van der Waals surface area contributed by atoms with E-state index in [0.717, 1.165) is 33.3 Å². The molecule has 2 fully saturated rings. The molecular weight excluding hydrogens is 1500 g/mol. The van der Waals surface area contributed by atoms with Crippen LogP contribution >= 0.6 is 15.9 Å². The molecule has 111 heavy (non-hydrogen) atoms. The van der Waals surface area contributed by atoms with Gasteiger partial charge < -0.3 is 40.4 Å². The number of imide groups is 3. The average Bonchev–Trinajstić information content (AvgIpc) is 1.62. The highest BCUT2D eigenvalue weighted by Crippen LogP contribution is 2.35. The van der Waals surface area contributed by atoms with Gasteiger partial charge in [0.2, 0.25) is 0 Å². The van der Waals surface area contributed by atoms with Crippen LogP contribution in [-0.2, 0) is 47.5 Å². The van der Waals surface area contributed by atoms with Crippen molar-refractivity contribution in [3.63, 3.8) is 0 Å². The number of amides is 9. The van der Waals surface area contributed by atoms with Crippen LogP contribution in [-0.4, -0.2) is 180 Å². The van der Waals surface area contributed by atoms with Crippen LogP contribution in [0.1, 0.15) is 235 Å². The Morgan fingerprint density at radius 1 is 0.577 bits per heavy atom. The quantitative estimate of drug-likeness (QED) is 0.0382. The topological polar surface area (TPSA) is 340 Å². The van der Waals surface area contributed by atoms with E-state index in [1.165, 1.54) is 35.7 Å². The van der Waals surface area contributed by atoms with Gasteiger partial charge in [-0.1, -0.05) is 227 Å². The number of hydrogen-bond acceptors (Lipinski definition) is 19. The summed E-state index contributed by atoms with van der Waals surface area (Å²) in [5.41, 5.74) is 8.70. The molecule has 5 aliphatic heterocycles. The van der Waals surface area contributed by atoms with Crippen molar-refractivity contribution in [1.29, 1.82) is 4.78 Å². The third-order valence-electron chi connectivity index (χ3n) is 16.6. The van der Waals surface area contributed by atoms with E-state index in [2.05, 4.69) is 61.2 Å². The number of likely N-dealkylation sites (tertiary alicyclic amines) is 1. The molecule has 0 aromatic heterocycles. The first-order valence-corrected chi connectivity index (χ1v) is 36.5. The van der Waals surface area contributed by atoms with Gasteiger partial charge in [-0.15, -0.1) is 0 Å². The molecule has 25 nitrogen and oxygen atoms in total. The van der Waals surface area contributed by atoms with E-state index in [4.69, 9.17) is 33.1 Å². The summed E-state index contributed by atoms with van der Waals surface area (Å²) in [6, 6.07) is 38.8. The zero-order valence-corrected chi connectivity index (χ0v) is 64.2. The van der Waals surface area contributed by atoms with E-state index in [0.29, 0.717) is 53.8 Å². The first-order valence-electron chi connectivity index (χ1n) is 34.3. The molecule has 2 atom stereocenters. The van der Waals surface area contributed by atoms with Crippen LogP contribution < -0.4 is 16.4 Å². The Balaban J connectivity index is -0.00000135. The number of Topliss-reactive ketones (excluding diaryl/α,β-unsaturated/α-hetero) is 2. The molecule has 2 saturated heterocycles. The highest BCUT2D eigenvalue weighted by molar-refractivity contribution is 9.09. The largest absolute Gasteiger partial charge is 0.445 e. The fourth-order valence-corrected chi connectivity index (χ4v) is 12.2. The molecule has 5 heterocycles. The normalized spacial score (nSPS) is 15.8. The lowest BCUT2D eigenvalue weighted by Crippen LogP contribution is -2.50. The van der Waals surface area contributed by atoms with Crippen molar-refractivity contribution < 1.29 is 75.4 Å². The number of piperidine rings is 2. The number of ether oxygens (including phenoxy) is 3. The summed E-state index contributed by atoms with van der Waals surface area (Å²) in [4.78, 5) is 141. The highest BCUT2D eigenvalue weighted by atomic mass is 79.9. The average molecular weight is 1630 g/mol. The van der Waals surface area contributed by atoms with Gasteiger partial charge in [0.25, 0.3) is 35.4 Å². The lowest BCUT2D eigenvalue weighted by Gasteiger charge is -2.42. The van der Waals surface area contributed by atoms with Gasteiger partial charge in [0.05, 0.1) is 58.3 Å². The molecule has 5 aromatic rings. The number of carbonyl (C=O) groups excluding carboxylic acids is 11. The fraction of sp³-hybridized carbons (Fsp3) is 0.512. The Kier molecular flexibility index (Phi) is 45.6. The van der Waals surface area contributed by atoms with Crippen LogP contribution in [0.2, 0.25) is 0 Å². The zero-order chi connectivity index (χ0) is 77.5. The summed E-state index contributed by atoms with van der Waals surface area (Å²) in [7, 11) is -2.61. The number of rotatable bonds is 17. The van der Waals surface area contributed by atoms with Gasteiger partial charge >= 0.3 is 28.8 Å². The summed E-state index contributed by atoms with van der Waals surface area (Å²) >= 11 is 3.00. The van der Waals surface area contributed by atoms with Crippen molar-refractivity contribution in [2.24, 2.45) is 33.8 Å². The van der Waals surface area contributed by atoms with Crippen molar-refractivity contribution in [2.75, 3.05) is 70.8 Å². The van der Waals surface area contributed by atoms with E-state index in [-0.39, 0.29) is 148 Å². The van der Waals surface area contributed by atoms with Crippen molar-refractivity contribution >= 4 is 91.7 Å². The predicted octanol–water partition coefficient (Wildman–Crippen LogP) is 16.1. The van der Waals surface area contributed by atoms with Crippen molar-refractivity contribution in [1.82, 2.24) is 35.1 Å². The molecule has 1 unspecified atom stereocenters. The first kappa shape index (κ1) is 106. The predicted molar refractivity (Wildman–Crippen MR) is 443 cm³/mol. The fourth-order valence-electron chi connectivity index (χ4n) is 12.0. The van der Waals surface area contributed by atoms with Gasteiger partial charge in [-0.2, -0.15) is 13.2 Å². The lowest BCUT2D eigenvalue weighted by atomic mass is 9.78. The molecule has 9 amide bonds. The number of benzene rings is 5. The van der Waals surface area contributed by atoms with E-state index in [9.17, 15) is 52.7 Å². The standard InChI is InChI=1S/C24H26N2O5.C24H26N2O4.C11H8BrNO3.C9H20N2O2.C9H19N.7CH4.HNO2S/c1-24(2,3)16-25(23(30)31-15-17-9-5-4-6-10-17)13-18(27)14-26-21(28)19-11-7-8-12-20(19)22(26)29;1-24(2)12-18(14-26-21(27)19-10-6-7-11-20(19)22(26)28)13-25(16-24)23(29)30-15-17-8-4-3-5-9-17;12-5-7(14)6-13-10(15)8-3-1-2-4-9(8)11(13)16;1-8(2,3)13-7(12)11-9(4,5)6-10;1-4-8-5-9(2,3)7-10-6-8;;;;;;;;1-4(2)3/h4-12H,13-16H2,1-3H3;3-11,18H,12-16H2,1-2H3;1-4H,5-6H2;6,10H2,1-5H3,(H,11,12);8,10H,4-7H2,1-3H3;7*1H4;1H/t;18-;;;;;;;;;;;/m.0.........../s1. The van der Waals surface area contributed by atoms with Gasteiger partial charge in [0.15, 0.2) is 11.6 Å². The molecule has 5 N–H and O–H groups in total. The summed E-state index contributed by atoms with van der Waals surface area (Å²) in [5.74, 6) is -1.99. The number of nitrogens with zero attached hydrogens (tertiary/aromatic N) is 5. The van der Waals surface area contributed by atoms with Gasteiger partial charge in [-0.25, -0.2) is 14.4 Å². The minimum Gasteiger partial charge on any atom is -0.445 e. The number of nitrogens with two attached hydrogens (primary N) is 1. The number of ketones is 2. The maximum Gasteiger partial charge on any atom is 0.410 e. The summed E-state index contributed by atoms with van der Waals surface area (Å²) in [5, 5.41) is 6.29. The smallest absolute Gasteiger partial charge is 0.410 e. The van der Waals surface area contributed by atoms with Crippen LogP contribution in [0, 0.1) is 32.9 Å². The zero-order valence-electron chi connectivity index (χ0n) is 61.8. The molecule has 618 valence electrons. The third-order valence-corrected chi connectivity index (χ3v) is 17.2. The number of alkyl carbamates (subject to hydrolysis) is 1. The minimum absolute atomic E-state index is 0. The summed E-state index contributed by atoms with van der Waals surface area (Å²) in [6.07, 6.45) is 2.15. The van der Waals surface area contributed by atoms with Crippen LogP contribution in [0.5, 0.6) is 0 Å². The lowest BCUT2D eigenvalue weighted by molar-refractivity contribution is -0.120. The second kappa shape index (κ2) is 47.8. The SMILES string of the molecule is C.C.C.C.C.C.C.CC(C)(C)CN(CC(=O)CN1C(=O)c2ccccc2C1=O)C(=O)OCc1ccccc1.CC(C)(CN)NC(=O)OC(C)(C)C.CC1(C)C[C@H](CN2C(=O)c3ccccc3C2=O)CN(C(=O)OCc2ccccc2)C1.CCC1CNCC(C)(C)C1.N=S(=O)=O.O=C(CBr)CN1C(=O)c2ccccc2C1=O. The van der Waals surface area contributed by atoms with Gasteiger partial charge in [-0.05, 0) is 130 Å². The molecular formula is C84H128BrN9O16S. The van der Waals surface area contributed by atoms with Crippen LogP contribution in [0.25, 0.3) is 0 Å². The highest BCUT2D eigenvalue weighted by Gasteiger charge is 2.42. The van der Waals surface area contributed by atoms with E-state index < -0.39 is 63.2 Å². The second-order valence-corrected chi connectivity index (χ2v) is 31.3. The first-order chi connectivity index (χ1) is 48.7. The molecule has 0 bridgehead atoms. The Morgan fingerprint density at radius 3 is 1.30 bits per heavy atom. The summed E-state index contributed by atoms with van der Waals surface area (Å²) in [6.45, 7) is 30.1. The maximum absolute atomic E-state index is 12.7. The maximum atomic E-state index is 12.7. The molecule has 0 spiro atoms. The molecule has 0 radical (unpaired) electrons. The molecule has 5 aromatic carbocycles. The Labute approximate surface area is 671 Å². The molecule has 0 saturated carbocycles. The Hall–Kier alpha value is -9.31. The Morgan fingerprint density at radius 2 is 0.946 bits per heavy atom. The summed E-state index contributed by atoms with van der Waals surface area (Å²) < 4.78 is 38.8. The van der Waals surface area contributed by atoms with Crippen LogP contribution in [0.4, 0.5) is 14.4 Å². The van der Waals surface area contributed by atoms with Crippen molar-refractivity contribution in [2.45, 2.75) is 186 Å². The molecule has 5 aliphatic rings. The van der Waals surface area contributed by atoms with Gasteiger partial charge in [0, 0.05) is 44.8 Å². The minimum atomic E-state index is -2.61. The monoisotopic (exact) mass is 1630 g/mol. The number of halogens is 1. The number of alkyl halides is 1. The van der Waals surface area contributed by atoms with Crippen LogP contribution in [0.3, 0.4) is 0 Å². The Bertz CT molecular complexity index is 3880. The number of fused-ring (bicyclic) bond motifs is 3. The van der Waals surface area contributed by atoms with E-state index >= 15 is 0 Å². The third kappa shape index (κ3) is 34.1. The number of hydrogen-bond donors (Lipinski definition) is 4. The number of nitrogens with one attached hydrogen (secondary N) is 3. The van der Waals surface area contributed by atoms with E-state index in [1.54, 1.807) is 77.7 Å². The van der Waals surface area contributed by atoms with E-state index in [1.807, 2.05) is 116 Å². The molecule has 0 aliphatic carbocycles. The van der Waals surface area contributed by atoms with Crippen LogP contribution in [0.15, 0.2) is 133 Å².